The number of alkyl halides is 1. The van der Waals surface area contributed by atoms with Crippen LogP contribution in [0.1, 0.15) is 17.4 Å². The maximum absolute atomic E-state index is 11.6. The summed E-state index contributed by atoms with van der Waals surface area (Å²) in [5, 5.41) is -1.32. The fourth-order valence-corrected chi connectivity index (χ4v) is 1.14. The second kappa shape index (κ2) is 5.46. The van der Waals surface area contributed by atoms with Gasteiger partial charge in [0.25, 0.3) is 0 Å². The smallest absolute Gasteiger partial charge is 0.332 e. The van der Waals surface area contributed by atoms with Crippen LogP contribution >= 0.6 is 11.6 Å². The van der Waals surface area contributed by atoms with Crippen molar-refractivity contribution in [1.82, 2.24) is 4.98 Å². The van der Waals surface area contributed by atoms with E-state index in [0.717, 1.165) is 0 Å². The summed E-state index contributed by atoms with van der Waals surface area (Å²) >= 11 is 5.63. The van der Waals surface area contributed by atoms with Crippen LogP contribution < -0.4 is 0 Å². The predicted molar refractivity (Wildman–Crippen MR) is 54.8 cm³/mol. The molecule has 0 amide bonds. The molecule has 1 rings (SSSR count). The van der Waals surface area contributed by atoms with Crippen LogP contribution in [0.15, 0.2) is 24.4 Å². The molecule has 0 spiro atoms. The predicted octanol–water partition coefficient (Wildman–Crippen LogP) is 1.43. The molecule has 0 aliphatic carbocycles. The number of nitrogens with zero attached hydrogens (tertiary/aromatic N) is 1. The van der Waals surface area contributed by atoms with Gasteiger partial charge in [-0.25, -0.2) is 4.79 Å². The highest BCUT2D eigenvalue weighted by molar-refractivity contribution is 6.43. The maximum Gasteiger partial charge on any atom is 0.332 e. The van der Waals surface area contributed by atoms with Crippen molar-refractivity contribution in [3.63, 3.8) is 0 Å². The third kappa shape index (κ3) is 3.02. The number of Topliss-reactive ketones (excluding diaryl/α,β-unsaturated/α-hetero) is 1. The van der Waals surface area contributed by atoms with Crippen molar-refractivity contribution in [1.29, 1.82) is 0 Å². The largest absolute Gasteiger partial charge is 0.465 e. The molecule has 0 aromatic carbocycles. The van der Waals surface area contributed by atoms with Gasteiger partial charge in [-0.1, -0.05) is 6.07 Å². The quantitative estimate of drug-likeness (QED) is 0.338. The number of hydrogen-bond donors (Lipinski definition) is 0. The molecule has 80 valence electrons. The number of carbonyl (C=O) groups excluding carboxylic acids is 2. The van der Waals surface area contributed by atoms with Crippen molar-refractivity contribution in [2.45, 2.75) is 12.3 Å². The molecule has 0 fully saturated rings. The Bertz CT molecular complexity index is 353. The second-order valence-electron chi connectivity index (χ2n) is 2.69. The van der Waals surface area contributed by atoms with E-state index in [9.17, 15) is 9.59 Å². The van der Waals surface area contributed by atoms with Crippen molar-refractivity contribution < 1.29 is 14.3 Å². The van der Waals surface area contributed by atoms with Gasteiger partial charge in [-0.15, -0.1) is 11.6 Å². The molecular formula is C10H10ClNO3. The molecule has 1 aromatic heterocycles. The summed E-state index contributed by atoms with van der Waals surface area (Å²) in [4.78, 5) is 26.5. The lowest BCUT2D eigenvalue weighted by Crippen LogP contribution is -2.27. The summed E-state index contributed by atoms with van der Waals surface area (Å²) in [6.45, 7) is 1.84. The van der Waals surface area contributed by atoms with Gasteiger partial charge in [-0.3, -0.25) is 9.78 Å². The third-order valence-corrected chi connectivity index (χ3v) is 2.02. The van der Waals surface area contributed by atoms with Crippen molar-refractivity contribution in [3.05, 3.63) is 30.1 Å². The number of hydrogen-bond acceptors (Lipinski definition) is 4. The van der Waals surface area contributed by atoms with E-state index in [0.29, 0.717) is 0 Å². The summed E-state index contributed by atoms with van der Waals surface area (Å²) in [5.41, 5.74) is 0.158. The molecule has 0 aliphatic heterocycles. The third-order valence-electron chi connectivity index (χ3n) is 1.64. The van der Waals surface area contributed by atoms with E-state index in [2.05, 4.69) is 9.72 Å². The summed E-state index contributed by atoms with van der Waals surface area (Å²) < 4.78 is 4.63. The molecule has 1 unspecified atom stereocenters. The van der Waals surface area contributed by atoms with Gasteiger partial charge >= 0.3 is 5.97 Å². The summed E-state index contributed by atoms with van der Waals surface area (Å²) in [6, 6.07) is 4.82. The molecule has 4 nitrogen and oxygen atoms in total. The number of carbonyl (C=O) groups is 2. The summed E-state index contributed by atoms with van der Waals surface area (Å²) in [5.74, 6) is -1.29. The van der Waals surface area contributed by atoms with Crippen LogP contribution in [0.4, 0.5) is 0 Å². The minimum absolute atomic E-state index is 0.158. The van der Waals surface area contributed by atoms with Gasteiger partial charge in [-0.05, 0) is 19.1 Å². The van der Waals surface area contributed by atoms with Gasteiger partial charge in [-0.2, -0.15) is 0 Å². The number of rotatable bonds is 4. The molecule has 0 N–H and O–H groups in total. The lowest BCUT2D eigenvalue weighted by atomic mass is 10.2. The molecule has 0 bridgehead atoms. The van der Waals surface area contributed by atoms with Crippen molar-refractivity contribution in [2.24, 2.45) is 0 Å². The minimum atomic E-state index is -1.32. The Morgan fingerprint density at radius 3 is 2.80 bits per heavy atom. The maximum atomic E-state index is 11.6. The number of ether oxygens (including phenoxy) is 1. The highest BCUT2D eigenvalue weighted by Crippen LogP contribution is 2.07. The van der Waals surface area contributed by atoms with Gasteiger partial charge in [0.05, 0.1) is 6.61 Å². The van der Waals surface area contributed by atoms with E-state index in [4.69, 9.17) is 11.6 Å². The van der Waals surface area contributed by atoms with E-state index in [1.165, 1.54) is 12.3 Å². The molecule has 0 saturated carbocycles. The topological polar surface area (TPSA) is 56.3 Å². The zero-order valence-corrected chi connectivity index (χ0v) is 8.90. The zero-order chi connectivity index (χ0) is 11.3. The fraction of sp³-hybridized carbons (Fsp3) is 0.300. The van der Waals surface area contributed by atoms with Crippen molar-refractivity contribution in [3.8, 4) is 0 Å². The first-order valence-electron chi connectivity index (χ1n) is 4.42. The molecule has 5 heteroatoms. The average Bonchev–Trinajstić information content (AvgIpc) is 2.28. The first-order valence-corrected chi connectivity index (χ1v) is 4.86. The summed E-state index contributed by atoms with van der Waals surface area (Å²) in [6.07, 6.45) is 1.46. The van der Waals surface area contributed by atoms with E-state index < -0.39 is 17.1 Å². The van der Waals surface area contributed by atoms with Gasteiger partial charge in [0, 0.05) is 6.20 Å². The van der Waals surface area contributed by atoms with Crippen LogP contribution in [0, 0.1) is 0 Å². The van der Waals surface area contributed by atoms with E-state index in [1.807, 2.05) is 0 Å². The van der Waals surface area contributed by atoms with Crippen molar-refractivity contribution >= 4 is 23.4 Å². The molecule has 1 atom stereocenters. The van der Waals surface area contributed by atoms with Crippen LogP contribution in [0.2, 0.25) is 0 Å². The standard InChI is InChI=1S/C10H10ClNO3/c1-2-15-10(14)8(11)9(13)7-5-3-4-6-12-7/h3-6,8H,2H2,1H3. The summed E-state index contributed by atoms with van der Waals surface area (Å²) in [7, 11) is 0. The van der Waals surface area contributed by atoms with Gasteiger partial charge in [0.15, 0.2) is 5.38 Å². The first kappa shape index (κ1) is 11.7. The molecule has 1 heterocycles. The molecular weight excluding hydrogens is 218 g/mol. The number of esters is 1. The Hall–Kier alpha value is -1.42. The Morgan fingerprint density at radius 2 is 2.27 bits per heavy atom. The highest BCUT2D eigenvalue weighted by Gasteiger charge is 2.27. The molecule has 15 heavy (non-hydrogen) atoms. The SMILES string of the molecule is CCOC(=O)C(Cl)C(=O)c1ccccn1. The van der Waals surface area contributed by atoms with Gasteiger partial charge < -0.3 is 4.74 Å². The molecule has 0 saturated heterocycles. The normalized spacial score (nSPS) is 11.9. The van der Waals surface area contributed by atoms with E-state index >= 15 is 0 Å². The fourth-order valence-electron chi connectivity index (χ4n) is 0.961. The van der Waals surface area contributed by atoms with Crippen LogP contribution in [-0.4, -0.2) is 28.7 Å². The monoisotopic (exact) mass is 227 g/mol. The van der Waals surface area contributed by atoms with E-state index in [-0.39, 0.29) is 12.3 Å². The molecule has 0 aliphatic rings. The van der Waals surface area contributed by atoms with Gasteiger partial charge in [0.2, 0.25) is 5.78 Å². The van der Waals surface area contributed by atoms with Crippen molar-refractivity contribution in [2.75, 3.05) is 6.61 Å². The molecule has 0 radical (unpaired) electrons. The number of aromatic nitrogens is 1. The number of halogens is 1. The first-order chi connectivity index (χ1) is 7.16. The zero-order valence-electron chi connectivity index (χ0n) is 8.14. The Kier molecular flexibility index (Phi) is 4.24. The number of pyridine rings is 1. The van der Waals surface area contributed by atoms with Crippen LogP contribution in [0.25, 0.3) is 0 Å². The van der Waals surface area contributed by atoms with E-state index in [1.54, 1.807) is 19.1 Å². The number of ketones is 1. The van der Waals surface area contributed by atoms with Crippen LogP contribution in [0.3, 0.4) is 0 Å². The molecule has 1 aromatic rings. The van der Waals surface area contributed by atoms with Crippen LogP contribution in [-0.2, 0) is 9.53 Å². The Labute approximate surface area is 92.2 Å². The Balaban J connectivity index is 2.73. The lowest BCUT2D eigenvalue weighted by Gasteiger charge is -2.06. The lowest BCUT2D eigenvalue weighted by molar-refractivity contribution is -0.141. The second-order valence-corrected chi connectivity index (χ2v) is 3.13. The van der Waals surface area contributed by atoms with Crippen LogP contribution in [0.5, 0.6) is 0 Å². The van der Waals surface area contributed by atoms with Gasteiger partial charge in [0.1, 0.15) is 5.69 Å². The minimum Gasteiger partial charge on any atom is -0.465 e. The highest BCUT2D eigenvalue weighted by atomic mass is 35.5. The Morgan fingerprint density at radius 1 is 1.53 bits per heavy atom. The average molecular weight is 228 g/mol.